The lowest BCUT2D eigenvalue weighted by Crippen LogP contribution is -2.27. The molecule has 0 unspecified atom stereocenters. The Morgan fingerprint density at radius 3 is 2.69 bits per heavy atom. The molecule has 0 bridgehead atoms. The van der Waals surface area contributed by atoms with E-state index in [0.29, 0.717) is 18.1 Å². The number of carbonyl (C=O) groups is 1. The maximum Gasteiger partial charge on any atom is 0.270 e. The smallest absolute Gasteiger partial charge is 0.270 e. The number of nitrogens with one attached hydrogen (secondary N) is 2. The van der Waals surface area contributed by atoms with E-state index in [1.165, 1.54) is 17.3 Å². The number of para-hydroxylation sites is 2. The Hall–Kier alpha value is -3.67. The summed E-state index contributed by atoms with van der Waals surface area (Å²) in [5, 5.41) is 4.15. The second-order valence-electron chi connectivity index (χ2n) is 6.71. The van der Waals surface area contributed by atoms with Gasteiger partial charge in [-0.25, -0.2) is 9.97 Å². The first kappa shape index (κ1) is 18.7. The van der Waals surface area contributed by atoms with Gasteiger partial charge in [-0.15, -0.1) is 0 Å². The van der Waals surface area contributed by atoms with Crippen molar-refractivity contribution in [2.24, 2.45) is 0 Å². The van der Waals surface area contributed by atoms with Gasteiger partial charge in [-0.1, -0.05) is 36.4 Å². The molecule has 146 valence electrons. The normalized spacial score (nSPS) is 10.8. The fourth-order valence-corrected chi connectivity index (χ4v) is 3.44. The van der Waals surface area contributed by atoms with Crippen LogP contribution < -0.4 is 10.2 Å². The largest absolute Gasteiger partial charge is 0.361 e. The molecule has 6 heteroatoms. The lowest BCUT2D eigenvalue weighted by atomic mass is 10.1. The highest BCUT2D eigenvalue weighted by atomic mass is 16.1. The highest BCUT2D eigenvalue weighted by Crippen LogP contribution is 2.23. The van der Waals surface area contributed by atoms with Crippen LogP contribution in [0.4, 0.5) is 11.5 Å². The molecular weight excluding hydrogens is 362 g/mol. The van der Waals surface area contributed by atoms with Crippen LogP contribution in [0.5, 0.6) is 0 Å². The number of carbonyl (C=O) groups excluding carboxylic acids is 1. The van der Waals surface area contributed by atoms with Gasteiger partial charge < -0.3 is 15.2 Å². The molecule has 4 rings (SSSR count). The van der Waals surface area contributed by atoms with Crippen molar-refractivity contribution in [2.45, 2.75) is 13.3 Å². The van der Waals surface area contributed by atoms with Gasteiger partial charge in [-0.3, -0.25) is 4.79 Å². The topological polar surface area (TPSA) is 73.9 Å². The van der Waals surface area contributed by atoms with E-state index < -0.39 is 0 Å². The number of hydrogen-bond donors (Lipinski definition) is 2. The van der Waals surface area contributed by atoms with Crippen molar-refractivity contribution < 1.29 is 4.79 Å². The predicted molar refractivity (Wildman–Crippen MR) is 115 cm³/mol. The first-order valence-corrected chi connectivity index (χ1v) is 9.74. The highest BCUT2D eigenvalue weighted by molar-refractivity contribution is 5.93. The van der Waals surface area contributed by atoms with E-state index in [0.717, 1.165) is 24.2 Å². The number of aromatic nitrogens is 3. The number of anilines is 2. The summed E-state index contributed by atoms with van der Waals surface area (Å²) in [6, 6.07) is 19.9. The summed E-state index contributed by atoms with van der Waals surface area (Å²) < 4.78 is 0. The van der Waals surface area contributed by atoms with E-state index in [4.69, 9.17) is 0 Å². The number of amides is 1. The summed E-state index contributed by atoms with van der Waals surface area (Å²) >= 11 is 0. The number of hydrogen-bond acceptors (Lipinski definition) is 4. The van der Waals surface area contributed by atoms with Crippen molar-refractivity contribution >= 4 is 28.3 Å². The molecule has 0 spiro atoms. The molecule has 0 radical (unpaired) electrons. The lowest BCUT2D eigenvalue weighted by molar-refractivity contribution is 0.0949. The Balaban J connectivity index is 1.43. The van der Waals surface area contributed by atoms with Crippen molar-refractivity contribution in [3.8, 4) is 0 Å². The molecule has 1 amide bonds. The maximum absolute atomic E-state index is 12.6. The first-order valence-electron chi connectivity index (χ1n) is 9.74. The Bertz CT molecular complexity index is 1110. The highest BCUT2D eigenvalue weighted by Gasteiger charge is 2.13. The van der Waals surface area contributed by atoms with Gasteiger partial charge >= 0.3 is 0 Å². The molecule has 2 N–H and O–H groups in total. The number of aromatic amines is 1. The van der Waals surface area contributed by atoms with E-state index in [2.05, 4.69) is 33.3 Å². The fourth-order valence-electron chi connectivity index (χ4n) is 3.44. The van der Waals surface area contributed by atoms with Crippen LogP contribution in [0.2, 0.25) is 0 Å². The van der Waals surface area contributed by atoms with Crippen molar-refractivity contribution in [1.82, 2.24) is 20.3 Å². The van der Waals surface area contributed by atoms with E-state index in [1.807, 2.05) is 59.6 Å². The van der Waals surface area contributed by atoms with Crippen LogP contribution in [-0.2, 0) is 6.42 Å². The second kappa shape index (κ2) is 8.56. The molecule has 0 atom stereocenters. The summed E-state index contributed by atoms with van der Waals surface area (Å²) in [4.78, 5) is 26.4. The van der Waals surface area contributed by atoms with E-state index in [-0.39, 0.29) is 5.91 Å². The van der Waals surface area contributed by atoms with Crippen LogP contribution >= 0.6 is 0 Å². The van der Waals surface area contributed by atoms with Crippen LogP contribution in [0, 0.1) is 0 Å². The quantitative estimate of drug-likeness (QED) is 0.503. The van der Waals surface area contributed by atoms with Crippen molar-refractivity contribution in [2.75, 3.05) is 18.0 Å². The molecule has 29 heavy (non-hydrogen) atoms. The predicted octanol–water partition coefficient (Wildman–Crippen LogP) is 4.09. The lowest BCUT2D eigenvalue weighted by Gasteiger charge is -2.22. The van der Waals surface area contributed by atoms with Crippen molar-refractivity contribution in [3.63, 3.8) is 0 Å². The molecule has 2 aromatic heterocycles. The average molecular weight is 385 g/mol. The van der Waals surface area contributed by atoms with Crippen LogP contribution in [0.3, 0.4) is 0 Å². The van der Waals surface area contributed by atoms with Gasteiger partial charge in [0.1, 0.15) is 17.8 Å². The van der Waals surface area contributed by atoms with Gasteiger partial charge in [0.05, 0.1) is 0 Å². The van der Waals surface area contributed by atoms with E-state index in [9.17, 15) is 4.79 Å². The average Bonchev–Trinajstić information content (AvgIpc) is 3.18. The van der Waals surface area contributed by atoms with Gasteiger partial charge in [0, 0.05) is 41.9 Å². The van der Waals surface area contributed by atoms with Crippen LogP contribution in [-0.4, -0.2) is 33.9 Å². The van der Waals surface area contributed by atoms with Gasteiger partial charge in [-0.05, 0) is 37.1 Å². The molecule has 2 aromatic carbocycles. The van der Waals surface area contributed by atoms with Gasteiger partial charge in [-0.2, -0.15) is 0 Å². The van der Waals surface area contributed by atoms with Gasteiger partial charge in [0.15, 0.2) is 0 Å². The summed E-state index contributed by atoms with van der Waals surface area (Å²) in [7, 11) is 0. The molecule has 0 saturated heterocycles. The van der Waals surface area contributed by atoms with Crippen molar-refractivity contribution in [1.29, 1.82) is 0 Å². The number of rotatable bonds is 7. The van der Waals surface area contributed by atoms with Crippen molar-refractivity contribution in [3.05, 3.63) is 84.4 Å². The Morgan fingerprint density at radius 1 is 1.07 bits per heavy atom. The molecule has 2 heterocycles. The minimum Gasteiger partial charge on any atom is -0.361 e. The first-order chi connectivity index (χ1) is 14.3. The number of benzene rings is 2. The zero-order valence-corrected chi connectivity index (χ0v) is 16.3. The third kappa shape index (κ3) is 4.11. The minimum atomic E-state index is -0.197. The van der Waals surface area contributed by atoms with Crippen LogP contribution in [0.25, 0.3) is 10.9 Å². The van der Waals surface area contributed by atoms with Gasteiger partial charge in [0.2, 0.25) is 0 Å². The minimum absolute atomic E-state index is 0.197. The van der Waals surface area contributed by atoms with Crippen LogP contribution in [0.1, 0.15) is 23.0 Å². The third-order valence-electron chi connectivity index (χ3n) is 4.90. The Labute approximate surface area is 169 Å². The molecule has 0 aliphatic rings. The summed E-state index contributed by atoms with van der Waals surface area (Å²) in [6.07, 6.45) is 4.19. The Kier molecular flexibility index (Phi) is 5.52. The molecule has 0 fully saturated rings. The molecule has 0 saturated carbocycles. The monoisotopic (exact) mass is 385 g/mol. The second-order valence-corrected chi connectivity index (χ2v) is 6.71. The van der Waals surface area contributed by atoms with E-state index in [1.54, 1.807) is 6.07 Å². The zero-order valence-electron chi connectivity index (χ0n) is 16.3. The fraction of sp³-hybridized carbons (Fsp3) is 0.174. The maximum atomic E-state index is 12.6. The van der Waals surface area contributed by atoms with E-state index >= 15 is 0 Å². The zero-order chi connectivity index (χ0) is 20.1. The standard InChI is InChI=1S/C23H23N5O/c1-2-28(18-8-4-3-5-9-18)22-14-21(26-16-27-22)23(29)24-13-12-17-15-25-20-11-7-6-10-19(17)20/h3-11,14-16,25H,2,12-13H2,1H3,(H,24,29). The summed E-state index contributed by atoms with van der Waals surface area (Å²) in [5.41, 5.74) is 3.68. The number of nitrogens with zero attached hydrogens (tertiary/aromatic N) is 3. The SMILES string of the molecule is CCN(c1ccccc1)c1cc(C(=O)NCCc2c[nH]c3ccccc23)ncn1. The molecule has 6 nitrogen and oxygen atoms in total. The van der Waals surface area contributed by atoms with Gasteiger partial charge in [0.25, 0.3) is 5.91 Å². The summed E-state index contributed by atoms with van der Waals surface area (Å²) in [5.74, 6) is 0.507. The molecule has 0 aliphatic carbocycles. The Morgan fingerprint density at radius 2 is 1.86 bits per heavy atom. The molecule has 0 aliphatic heterocycles. The third-order valence-corrected chi connectivity index (χ3v) is 4.90. The number of H-pyrrole nitrogens is 1. The number of fused-ring (bicyclic) bond motifs is 1. The molecular formula is C23H23N5O. The molecule has 4 aromatic rings. The summed E-state index contributed by atoms with van der Waals surface area (Å²) in [6.45, 7) is 3.33. The van der Waals surface area contributed by atoms with Crippen LogP contribution in [0.15, 0.2) is 73.2 Å².